The summed E-state index contributed by atoms with van der Waals surface area (Å²) in [4.78, 5) is 0. The number of benzene rings is 2. The Labute approximate surface area is 124 Å². The summed E-state index contributed by atoms with van der Waals surface area (Å²) in [6.45, 7) is 5.11. The molecule has 0 fully saturated rings. The lowest BCUT2D eigenvalue weighted by atomic mass is 10.1. The maximum Gasteiger partial charge on any atom is 0.123 e. The monoisotopic (exact) mass is 286 g/mol. The van der Waals surface area contributed by atoms with E-state index in [4.69, 9.17) is 9.47 Å². The number of rotatable bonds is 6. The van der Waals surface area contributed by atoms with Gasteiger partial charge in [-0.05, 0) is 49.2 Å². The van der Waals surface area contributed by atoms with Crippen LogP contribution in [0.4, 0.5) is 4.39 Å². The molecule has 0 saturated heterocycles. The summed E-state index contributed by atoms with van der Waals surface area (Å²) in [5.41, 5.74) is 1.92. The quantitative estimate of drug-likeness (QED) is 0.711. The molecule has 0 aliphatic rings. The standard InChI is InChI=1S/C18H19FO2/c1-3-20-17-11-15(12-18(13-17)21-4-2)6-5-14-7-9-16(19)10-8-14/h5-13H,3-4H2,1-2H3. The van der Waals surface area contributed by atoms with Crippen LogP contribution >= 0.6 is 0 Å². The Kier molecular flexibility index (Phi) is 5.38. The zero-order valence-corrected chi connectivity index (χ0v) is 12.3. The molecule has 0 radical (unpaired) electrons. The van der Waals surface area contributed by atoms with Gasteiger partial charge in [-0.2, -0.15) is 0 Å². The first kappa shape index (κ1) is 15.1. The van der Waals surface area contributed by atoms with Gasteiger partial charge < -0.3 is 9.47 Å². The topological polar surface area (TPSA) is 18.5 Å². The summed E-state index contributed by atoms with van der Waals surface area (Å²) >= 11 is 0. The van der Waals surface area contributed by atoms with Gasteiger partial charge in [-0.15, -0.1) is 0 Å². The summed E-state index contributed by atoms with van der Waals surface area (Å²) in [6.07, 6.45) is 3.89. The Bertz CT molecular complexity index is 579. The van der Waals surface area contributed by atoms with Crippen molar-refractivity contribution in [2.24, 2.45) is 0 Å². The summed E-state index contributed by atoms with van der Waals surface area (Å²) < 4.78 is 23.9. The van der Waals surface area contributed by atoms with Crippen molar-refractivity contribution in [1.29, 1.82) is 0 Å². The Morgan fingerprint density at radius 3 is 1.86 bits per heavy atom. The van der Waals surface area contributed by atoms with E-state index in [1.807, 2.05) is 44.2 Å². The summed E-state index contributed by atoms with van der Waals surface area (Å²) in [7, 11) is 0. The minimum atomic E-state index is -0.232. The molecule has 0 spiro atoms. The molecule has 0 heterocycles. The van der Waals surface area contributed by atoms with Crippen LogP contribution < -0.4 is 9.47 Å². The predicted molar refractivity (Wildman–Crippen MR) is 84.1 cm³/mol. The van der Waals surface area contributed by atoms with Crippen molar-refractivity contribution in [3.8, 4) is 11.5 Å². The van der Waals surface area contributed by atoms with Crippen LogP contribution in [0.15, 0.2) is 42.5 Å². The van der Waals surface area contributed by atoms with E-state index in [9.17, 15) is 4.39 Å². The summed E-state index contributed by atoms with van der Waals surface area (Å²) in [5.74, 6) is 1.33. The first-order chi connectivity index (χ1) is 10.2. The number of hydrogen-bond acceptors (Lipinski definition) is 2. The van der Waals surface area contributed by atoms with Crippen LogP contribution in [0.3, 0.4) is 0 Å². The third-order valence-electron chi connectivity index (χ3n) is 2.86. The van der Waals surface area contributed by atoms with Gasteiger partial charge in [0.1, 0.15) is 17.3 Å². The Morgan fingerprint density at radius 1 is 0.810 bits per heavy atom. The van der Waals surface area contributed by atoms with Crippen molar-refractivity contribution in [1.82, 2.24) is 0 Å². The van der Waals surface area contributed by atoms with Gasteiger partial charge in [0.25, 0.3) is 0 Å². The molecular formula is C18H19FO2. The predicted octanol–water partition coefficient (Wildman–Crippen LogP) is 4.79. The molecule has 0 aliphatic carbocycles. The van der Waals surface area contributed by atoms with E-state index in [1.165, 1.54) is 12.1 Å². The van der Waals surface area contributed by atoms with Crippen LogP contribution in [0.25, 0.3) is 12.2 Å². The van der Waals surface area contributed by atoms with Gasteiger partial charge in [-0.1, -0.05) is 24.3 Å². The SMILES string of the molecule is CCOc1cc(C=Cc2ccc(F)cc2)cc(OCC)c1. The van der Waals surface area contributed by atoms with E-state index in [0.717, 1.165) is 22.6 Å². The molecule has 2 aromatic rings. The molecule has 0 aliphatic heterocycles. The van der Waals surface area contributed by atoms with Gasteiger partial charge in [0.05, 0.1) is 13.2 Å². The molecule has 0 N–H and O–H groups in total. The van der Waals surface area contributed by atoms with Crippen LogP contribution in [0.5, 0.6) is 11.5 Å². The molecule has 0 saturated carbocycles. The minimum Gasteiger partial charge on any atom is -0.494 e. The second kappa shape index (κ2) is 7.48. The summed E-state index contributed by atoms with van der Waals surface area (Å²) in [6, 6.07) is 12.1. The number of halogens is 1. The highest BCUT2D eigenvalue weighted by atomic mass is 19.1. The summed E-state index contributed by atoms with van der Waals surface area (Å²) in [5, 5.41) is 0. The lowest BCUT2D eigenvalue weighted by Gasteiger charge is -2.09. The van der Waals surface area contributed by atoms with Gasteiger partial charge in [0, 0.05) is 6.07 Å². The molecule has 2 rings (SSSR count). The van der Waals surface area contributed by atoms with Gasteiger partial charge in [0.15, 0.2) is 0 Å². The van der Waals surface area contributed by atoms with E-state index in [1.54, 1.807) is 12.1 Å². The molecule has 2 aromatic carbocycles. The van der Waals surface area contributed by atoms with Gasteiger partial charge in [-0.25, -0.2) is 4.39 Å². The number of ether oxygens (including phenoxy) is 2. The average Bonchev–Trinajstić information content (AvgIpc) is 2.47. The molecule has 0 atom stereocenters. The Hall–Kier alpha value is -2.29. The van der Waals surface area contributed by atoms with E-state index < -0.39 is 0 Å². The van der Waals surface area contributed by atoms with Crippen LogP contribution in [-0.2, 0) is 0 Å². The van der Waals surface area contributed by atoms with E-state index in [-0.39, 0.29) is 5.82 Å². The fraction of sp³-hybridized carbons (Fsp3) is 0.222. The van der Waals surface area contributed by atoms with Crippen LogP contribution in [-0.4, -0.2) is 13.2 Å². The van der Waals surface area contributed by atoms with Crippen molar-refractivity contribution in [2.75, 3.05) is 13.2 Å². The van der Waals surface area contributed by atoms with E-state index >= 15 is 0 Å². The molecule has 0 unspecified atom stereocenters. The van der Waals surface area contributed by atoms with Crippen molar-refractivity contribution >= 4 is 12.2 Å². The zero-order valence-electron chi connectivity index (χ0n) is 12.3. The fourth-order valence-electron chi connectivity index (χ4n) is 1.96. The van der Waals surface area contributed by atoms with E-state index in [2.05, 4.69) is 0 Å². The van der Waals surface area contributed by atoms with Crippen LogP contribution in [0.2, 0.25) is 0 Å². The molecule has 0 aromatic heterocycles. The van der Waals surface area contributed by atoms with Crippen molar-refractivity contribution < 1.29 is 13.9 Å². The normalized spacial score (nSPS) is 10.8. The third kappa shape index (κ3) is 4.63. The van der Waals surface area contributed by atoms with Crippen LogP contribution in [0, 0.1) is 5.82 Å². The fourth-order valence-corrected chi connectivity index (χ4v) is 1.96. The average molecular weight is 286 g/mol. The van der Waals surface area contributed by atoms with Crippen molar-refractivity contribution in [3.63, 3.8) is 0 Å². The van der Waals surface area contributed by atoms with Crippen LogP contribution in [0.1, 0.15) is 25.0 Å². The van der Waals surface area contributed by atoms with Crippen molar-refractivity contribution in [3.05, 3.63) is 59.4 Å². The maximum absolute atomic E-state index is 12.9. The molecule has 3 heteroatoms. The van der Waals surface area contributed by atoms with Crippen molar-refractivity contribution in [2.45, 2.75) is 13.8 Å². The smallest absolute Gasteiger partial charge is 0.123 e. The van der Waals surface area contributed by atoms with Gasteiger partial charge in [-0.3, -0.25) is 0 Å². The molecule has 0 amide bonds. The highest BCUT2D eigenvalue weighted by Crippen LogP contribution is 2.24. The lowest BCUT2D eigenvalue weighted by Crippen LogP contribution is -1.95. The van der Waals surface area contributed by atoms with Gasteiger partial charge in [0.2, 0.25) is 0 Å². The molecule has 0 bridgehead atoms. The first-order valence-electron chi connectivity index (χ1n) is 7.05. The second-order valence-corrected chi connectivity index (χ2v) is 4.49. The third-order valence-corrected chi connectivity index (χ3v) is 2.86. The minimum absolute atomic E-state index is 0.232. The highest BCUT2D eigenvalue weighted by Gasteiger charge is 2.01. The lowest BCUT2D eigenvalue weighted by molar-refractivity contribution is 0.323. The van der Waals surface area contributed by atoms with E-state index in [0.29, 0.717) is 13.2 Å². The first-order valence-corrected chi connectivity index (χ1v) is 7.05. The second-order valence-electron chi connectivity index (χ2n) is 4.49. The zero-order chi connectivity index (χ0) is 15.1. The Morgan fingerprint density at radius 2 is 1.33 bits per heavy atom. The number of hydrogen-bond donors (Lipinski definition) is 0. The largest absolute Gasteiger partial charge is 0.494 e. The molecular weight excluding hydrogens is 267 g/mol. The maximum atomic E-state index is 12.9. The Balaban J connectivity index is 2.22. The molecule has 2 nitrogen and oxygen atoms in total. The highest BCUT2D eigenvalue weighted by molar-refractivity contribution is 5.71. The molecule has 110 valence electrons. The van der Waals surface area contributed by atoms with Gasteiger partial charge >= 0.3 is 0 Å². The molecule has 21 heavy (non-hydrogen) atoms.